The normalized spacial score (nSPS) is 24.1. The number of nitrogens with zero attached hydrogens (tertiary/aromatic N) is 8. The molecule has 506 valence electrons. The van der Waals surface area contributed by atoms with E-state index >= 15 is 0 Å². The predicted octanol–water partition coefficient (Wildman–Crippen LogP) is 4.94. The minimum absolute atomic E-state index is 0.0164. The molecule has 2 fully saturated rings. The SMILES string of the molecule is CCC(C)[C@@H]1NC(=O)[C@H](CC(C)C)N(C)C(=O)C[C@@H](C)N(C)C(=O)[C@H](C(C)C)N(C)C(=O)CCCCNC(=O)[C@@H]2CCCN2C(=O)[C@H](CCc2ccc(C(F)(F)F)c(Cl)c2)NC(=O)CN(C)C(=O)[C@H](Cc2ccc(C)cc2)N(C)C(=O)CN(C)C(=O)CN(C)C1=O. The first-order valence-corrected chi connectivity index (χ1v) is 31.7. The topological polar surface area (TPSA) is 250 Å². The molecule has 0 aliphatic carbocycles. The van der Waals surface area contributed by atoms with E-state index in [1.54, 1.807) is 46.9 Å². The van der Waals surface area contributed by atoms with E-state index in [4.69, 9.17) is 11.6 Å². The fourth-order valence-corrected chi connectivity index (χ4v) is 11.6. The van der Waals surface area contributed by atoms with E-state index in [0.717, 1.165) is 37.3 Å². The molecule has 2 saturated heterocycles. The van der Waals surface area contributed by atoms with Gasteiger partial charge in [-0.05, 0) is 99.8 Å². The molecule has 2 aromatic rings. The monoisotopic (exact) mass is 1300 g/mol. The largest absolute Gasteiger partial charge is 0.417 e. The average molecular weight is 1300 g/mol. The first kappa shape index (κ1) is 76.1. The number of alkyl halides is 3. The van der Waals surface area contributed by atoms with Crippen molar-refractivity contribution >= 4 is 76.6 Å². The Labute approximate surface area is 539 Å². The third-order valence-electron chi connectivity index (χ3n) is 17.5. The zero-order valence-corrected chi connectivity index (χ0v) is 56.5. The van der Waals surface area contributed by atoms with Gasteiger partial charge in [0.2, 0.25) is 65.0 Å². The highest BCUT2D eigenvalue weighted by Gasteiger charge is 2.41. The lowest BCUT2D eigenvalue weighted by atomic mass is 9.95. The average Bonchev–Trinajstić information content (AvgIpc) is 1.88. The number of aryl methyl sites for hydroxylation is 2. The number of hydrogen-bond donors (Lipinski definition) is 3. The Kier molecular flexibility index (Phi) is 28.8. The van der Waals surface area contributed by atoms with E-state index in [1.807, 2.05) is 39.8 Å². The minimum Gasteiger partial charge on any atom is -0.354 e. The van der Waals surface area contributed by atoms with Gasteiger partial charge in [-0.15, -0.1) is 0 Å². The summed E-state index contributed by atoms with van der Waals surface area (Å²) in [5, 5.41) is 7.88. The minimum atomic E-state index is -4.73. The first-order chi connectivity index (χ1) is 42.5. The number of hydrogen-bond acceptors (Lipinski definition) is 11. The van der Waals surface area contributed by atoms with Crippen LogP contribution in [-0.4, -0.2) is 229 Å². The van der Waals surface area contributed by atoms with Gasteiger partial charge in [0.15, 0.2) is 0 Å². The molecule has 8 atom stereocenters. The van der Waals surface area contributed by atoms with Crippen molar-refractivity contribution in [3.05, 3.63) is 69.7 Å². The maximum atomic E-state index is 14.7. The standard InChI is InChI=1S/C65H97ClF3N11O11/c1-16-42(7)57-63(90)75(11)37-55(84)73(9)38-56(85)78(14)51(35-45-24-22-41(6)23-25-45)62(89)74(10)36-52(81)71-48(29-27-44-26-28-46(47(66)34-44)65(67,68)69)61(88)80-31-19-20-49(80)59(86)70-30-18-17-21-53(82)79(15)58(40(4)5)64(91)76(12)43(8)33-54(83)77(13)50(32-39(2)3)60(87)72-57/h22-26,28,34,39-40,42-43,48-51,57-58H,16-21,27,29-33,35-38H2,1-15H3,(H,70,86)(H,71,81)(H,72,87)/t42?,43-,48+,49+,50+,51+,57+,58+/m1/s1. The van der Waals surface area contributed by atoms with Crippen molar-refractivity contribution in [1.82, 2.24) is 55.1 Å². The molecule has 2 heterocycles. The first-order valence-electron chi connectivity index (χ1n) is 31.4. The van der Waals surface area contributed by atoms with Crippen molar-refractivity contribution in [3.63, 3.8) is 0 Å². The summed E-state index contributed by atoms with van der Waals surface area (Å²) in [4.78, 5) is 166. The number of benzene rings is 2. The molecule has 0 spiro atoms. The van der Waals surface area contributed by atoms with Crippen LogP contribution < -0.4 is 16.0 Å². The lowest BCUT2D eigenvalue weighted by molar-refractivity contribution is -0.148. The van der Waals surface area contributed by atoms with Gasteiger partial charge >= 0.3 is 6.18 Å². The van der Waals surface area contributed by atoms with E-state index in [-0.39, 0.29) is 75.8 Å². The number of likely N-dealkylation sites (N-methyl/N-ethyl adjacent to an activating group) is 7. The van der Waals surface area contributed by atoms with Gasteiger partial charge < -0.3 is 55.1 Å². The van der Waals surface area contributed by atoms with Gasteiger partial charge in [0.1, 0.15) is 36.3 Å². The summed E-state index contributed by atoms with van der Waals surface area (Å²) in [6.45, 7) is 13.1. The van der Waals surface area contributed by atoms with Crippen molar-refractivity contribution in [1.29, 1.82) is 0 Å². The molecule has 22 nitrogen and oxygen atoms in total. The number of halogens is 4. The van der Waals surface area contributed by atoms with E-state index in [1.165, 1.54) is 68.0 Å². The predicted molar refractivity (Wildman–Crippen MR) is 338 cm³/mol. The summed E-state index contributed by atoms with van der Waals surface area (Å²) in [5.74, 6) is -7.31. The Balaban J connectivity index is 1.72. The molecular weight excluding hydrogens is 1200 g/mol. The van der Waals surface area contributed by atoms with Gasteiger partial charge in [-0.3, -0.25) is 52.7 Å². The van der Waals surface area contributed by atoms with Crippen LogP contribution in [0.15, 0.2) is 42.5 Å². The van der Waals surface area contributed by atoms with Crippen LogP contribution in [-0.2, 0) is 71.8 Å². The maximum Gasteiger partial charge on any atom is 0.417 e. The Morgan fingerprint density at radius 3 is 1.84 bits per heavy atom. The van der Waals surface area contributed by atoms with Crippen LogP contribution >= 0.6 is 11.6 Å². The van der Waals surface area contributed by atoms with Crippen molar-refractivity contribution in [2.75, 3.05) is 82.1 Å². The number of carbonyl (C=O) groups excluding carboxylic acids is 11. The molecule has 91 heavy (non-hydrogen) atoms. The Morgan fingerprint density at radius 1 is 0.637 bits per heavy atom. The fourth-order valence-electron chi connectivity index (χ4n) is 11.3. The molecule has 11 amide bonds. The third kappa shape index (κ3) is 21.4. The van der Waals surface area contributed by atoms with Crippen LogP contribution in [0.4, 0.5) is 13.2 Å². The number of nitrogens with one attached hydrogen (secondary N) is 3. The van der Waals surface area contributed by atoms with Crippen molar-refractivity contribution < 1.29 is 65.9 Å². The van der Waals surface area contributed by atoms with Gasteiger partial charge in [-0.1, -0.05) is 95.5 Å². The van der Waals surface area contributed by atoms with Gasteiger partial charge in [0.25, 0.3) is 0 Å². The van der Waals surface area contributed by atoms with E-state index in [0.29, 0.717) is 36.8 Å². The molecule has 0 radical (unpaired) electrons. The zero-order chi connectivity index (χ0) is 68.5. The Hall–Kier alpha value is -7.31. The quantitative estimate of drug-likeness (QED) is 0.287. The molecular formula is C65H97ClF3N11O11. The number of amides is 11. The number of carbonyl (C=O) groups is 11. The van der Waals surface area contributed by atoms with E-state index < -0.39 is 144 Å². The van der Waals surface area contributed by atoms with Gasteiger partial charge in [0.05, 0.1) is 30.2 Å². The van der Waals surface area contributed by atoms with E-state index in [2.05, 4.69) is 16.0 Å². The van der Waals surface area contributed by atoms with Crippen molar-refractivity contribution in [2.24, 2.45) is 17.8 Å². The second-order valence-electron chi connectivity index (χ2n) is 25.5. The lowest BCUT2D eigenvalue weighted by Gasteiger charge is -2.37. The molecule has 0 aromatic heterocycles. The van der Waals surface area contributed by atoms with Crippen LogP contribution in [0.1, 0.15) is 129 Å². The summed E-state index contributed by atoms with van der Waals surface area (Å²) in [5.41, 5.74) is 0.831. The summed E-state index contributed by atoms with van der Waals surface area (Å²) in [6, 6.07) is 2.97. The van der Waals surface area contributed by atoms with Crippen LogP contribution in [0, 0.1) is 24.7 Å². The molecule has 3 N–H and O–H groups in total. The molecule has 2 aromatic carbocycles. The smallest absolute Gasteiger partial charge is 0.354 e. The van der Waals surface area contributed by atoms with Crippen LogP contribution in [0.3, 0.4) is 0 Å². The fraction of sp³-hybridized carbons (Fsp3) is 0.646. The van der Waals surface area contributed by atoms with Gasteiger partial charge in [0, 0.05) is 87.7 Å². The lowest BCUT2D eigenvalue weighted by Crippen LogP contribution is -2.58. The summed E-state index contributed by atoms with van der Waals surface area (Å²) in [6.07, 6.45) is -3.17. The second-order valence-corrected chi connectivity index (χ2v) is 25.9. The Morgan fingerprint density at radius 2 is 1.24 bits per heavy atom. The van der Waals surface area contributed by atoms with Crippen LogP contribution in [0.2, 0.25) is 5.02 Å². The van der Waals surface area contributed by atoms with Crippen LogP contribution in [0.25, 0.3) is 0 Å². The molecule has 2 aliphatic heterocycles. The highest BCUT2D eigenvalue weighted by molar-refractivity contribution is 6.31. The highest BCUT2D eigenvalue weighted by atomic mass is 35.5. The molecule has 4 rings (SSSR count). The third-order valence-corrected chi connectivity index (χ3v) is 17.8. The Bertz CT molecular complexity index is 2910. The number of fused-ring (bicyclic) bond motifs is 1. The molecule has 1 unspecified atom stereocenters. The molecule has 2 aliphatic rings. The zero-order valence-electron chi connectivity index (χ0n) is 55.7. The number of rotatable bonds is 10. The van der Waals surface area contributed by atoms with E-state index in [9.17, 15) is 65.9 Å². The molecule has 26 heteroatoms. The second kappa shape index (κ2) is 34.4. The van der Waals surface area contributed by atoms with Crippen molar-refractivity contribution in [3.8, 4) is 0 Å². The summed E-state index contributed by atoms with van der Waals surface area (Å²) >= 11 is 6.07. The summed E-state index contributed by atoms with van der Waals surface area (Å²) in [7, 11) is 10.0. The van der Waals surface area contributed by atoms with Gasteiger partial charge in [-0.25, -0.2) is 0 Å². The molecule has 0 bridgehead atoms. The molecule has 0 saturated carbocycles. The highest BCUT2D eigenvalue weighted by Crippen LogP contribution is 2.35. The van der Waals surface area contributed by atoms with Gasteiger partial charge in [-0.2, -0.15) is 13.2 Å². The summed E-state index contributed by atoms with van der Waals surface area (Å²) < 4.78 is 41.0. The maximum absolute atomic E-state index is 14.7. The van der Waals surface area contributed by atoms with Crippen molar-refractivity contribution in [2.45, 2.75) is 174 Å². The van der Waals surface area contributed by atoms with Crippen LogP contribution in [0.5, 0.6) is 0 Å².